The lowest BCUT2D eigenvalue weighted by Crippen LogP contribution is -2.18. The normalized spacial score (nSPS) is 11.1. The number of nitrogens with one attached hydrogen (secondary N) is 1. The predicted molar refractivity (Wildman–Crippen MR) is 94.6 cm³/mol. The van der Waals surface area contributed by atoms with Crippen molar-refractivity contribution in [2.75, 3.05) is 11.3 Å². The van der Waals surface area contributed by atoms with Gasteiger partial charge < -0.3 is 4.74 Å². The van der Waals surface area contributed by atoms with Gasteiger partial charge in [-0.3, -0.25) is 9.71 Å². The van der Waals surface area contributed by atoms with Crippen LogP contribution >= 0.6 is 0 Å². The number of sulfonamides is 1. The van der Waals surface area contributed by atoms with E-state index in [9.17, 15) is 13.2 Å². The number of pyridine rings is 1. The van der Waals surface area contributed by atoms with E-state index >= 15 is 0 Å². The number of carbonyl (C=O) groups is 1. The summed E-state index contributed by atoms with van der Waals surface area (Å²) in [5.41, 5.74) is 0.504. The average Bonchev–Trinajstić information content (AvgIpc) is 3.06. The van der Waals surface area contributed by atoms with Gasteiger partial charge in [-0.05, 0) is 31.2 Å². The zero-order valence-electron chi connectivity index (χ0n) is 13.9. The summed E-state index contributed by atoms with van der Waals surface area (Å²) >= 11 is 0. The van der Waals surface area contributed by atoms with Crippen LogP contribution in [0.1, 0.15) is 17.3 Å². The van der Waals surface area contributed by atoms with Crippen LogP contribution in [0.2, 0.25) is 0 Å². The third-order valence-corrected chi connectivity index (χ3v) is 4.79. The number of rotatable bonds is 6. The minimum absolute atomic E-state index is 0.00945. The minimum atomic E-state index is -3.92. The van der Waals surface area contributed by atoms with E-state index in [2.05, 4.69) is 14.8 Å². The molecule has 0 saturated heterocycles. The number of ether oxygens (including phenoxy) is 1. The molecule has 1 aromatic carbocycles. The van der Waals surface area contributed by atoms with Crippen LogP contribution in [0.25, 0.3) is 5.69 Å². The molecule has 0 aliphatic carbocycles. The molecule has 8 nitrogen and oxygen atoms in total. The molecule has 0 aliphatic rings. The number of hydrogen-bond donors (Lipinski definition) is 1. The molecule has 0 saturated carbocycles. The molecule has 1 N–H and O–H groups in total. The fraction of sp³-hybridized carbons (Fsp3) is 0.118. The van der Waals surface area contributed by atoms with Crippen LogP contribution in [0.15, 0.2) is 66.0 Å². The monoisotopic (exact) mass is 372 g/mol. The Morgan fingerprint density at radius 1 is 1.15 bits per heavy atom. The van der Waals surface area contributed by atoms with Gasteiger partial charge in [-0.2, -0.15) is 5.10 Å². The van der Waals surface area contributed by atoms with Crippen LogP contribution in [0.3, 0.4) is 0 Å². The Kier molecular flexibility index (Phi) is 4.99. The van der Waals surface area contributed by atoms with E-state index in [1.165, 1.54) is 29.2 Å². The van der Waals surface area contributed by atoms with Gasteiger partial charge >= 0.3 is 5.97 Å². The second-order valence-corrected chi connectivity index (χ2v) is 6.85. The number of aromatic nitrogens is 3. The summed E-state index contributed by atoms with van der Waals surface area (Å²) in [6, 6.07) is 11.2. The smallest absolute Gasteiger partial charge is 0.343 e. The molecule has 0 spiro atoms. The van der Waals surface area contributed by atoms with Gasteiger partial charge in [0, 0.05) is 6.20 Å². The lowest BCUT2D eigenvalue weighted by Gasteiger charge is -2.12. The summed E-state index contributed by atoms with van der Waals surface area (Å²) in [6.45, 7) is 1.82. The molecule has 0 amide bonds. The first-order valence-corrected chi connectivity index (χ1v) is 9.24. The standard InChI is InChI=1S/C17H16N4O4S/c1-2-25-17(22)15-12-19-21(13-7-6-10-18-11-13)16(15)20-26(23,24)14-8-4-3-5-9-14/h3-12,20H,2H2,1H3. The Morgan fingerprint density at radius 3 is 2.58 bits per heavy atom. The highest BCUT2D eigenvalue weighted by molar-refractivity contribution is 7.92. The first-order valence-electron chi connectivity index (χ1n) is 7.76. The zero-order chi connectivity index (χ0) is 18.6. The summed E-state index contributed by atoms with van der Waals surface area (Å²) in [5.74, 6) is -0.686. The van der Waals surface area contributed by atoms with Gasteiger partial charge in [-0.25, -0.2) is 17.9 Å². The van der Waals surface area contributed by atoms with E-state index in [0.717, 1.165) is 0 Å². The third kappa shape index (κ3) is 3.57. The SMILES string of the molecule is CCOC(=O)c1cnn(-c2cccnc2)c1NS(=O)(=O)c1ccccc1. The molecule has 0 bridgehead atoms. The van der Waals surface area contributed by atoms with Crippen molar-refractivity contribution in [1.82, 2.24) is 14.8 Å². The molecule has 9 heteroatoms. The molecule has 0 radical (unpaired) electrons. The van der Waals surface area contributed by atoms with E-state index < -0.39 is 16.0 Å². The molecular formula is C17H16N4O4S. The van der Waals surface area contributed by atoms with Crippen molar-refractivity contribution in [3.8, 4) is 5.69 Å². The Balaban J connectivity index is 2.09. The Bertz CT molecular complexity index is 1000. The lowest BCUT2D eigenvalue weighted by molar-refractivity contribution is 0.0527. The van der Waals surface area contributed by atoms with Crippen molar-refractivity contribution in [1.29, 1.82) is 0 Å². The second kappa shape index (κ2) is 7.36. The Labute approximate surface area is 150 Å². The van der Waals surface area contributed by atoms with E-state index in [-0.39, 0.29) is 22.9 Å². The highest BCUT2D eigenvalue weighted by atomic mass is 32.2. The Hall–Kier alpha value is -3.20. The summed E-state index contributed by atoms with van der Waals surface area (Å²) < 4.78 is 34.1. The van der Waals surface area contributed by atoms with Crippen LogP contribution in [0.4, 0.5) is 5.82 Å². The van der Waals surface area contributed by atoms with Gasteiger partial charge in [0.1, 0.15) is 5.56 Å². The number of benzene rings is 1. The number of esters is 1. The fourth-order valence-electron chi connectivity index (χ4n) is 2.27. The van der Waals surface area contributed by atoms with Gasteiger partial charge in [-0.15, -0.1) is 0 Å². The Morgan fingerprint density at radius 2 is 1.92 bits per heavy atom. The summed E-state index contributed by atoms with van der Waals surface area (Å²) in [4.78, 5) is 16.3. The van der Waals surface area contributed by atoms with Crippen molar-refractivity contribution in [2.45, 2.75) is 11.8 Å². The van der Waals surface area contributed by atoms with Crippen LogP contribution in [-0.4, -0.2) is 35.8 Å². The number of anilines is 1. The molecule has 0 atom stereocenters. The van der Waals surface area contributed by atoms with Crippen molar-refractivity contribution in [2.24, 2.45) is 0 Å². The van der Waals surface area contributed by atoms with Gasteiger partial charge in [0.15, 0.2) is 5.82 Å². The molecule has 3 rings (SSSR count). The topological polar surface area (TPSA) is 103 Å². The largest absolute Gasteiger partial charge is 0.462 e. The molecule has 3 aromatic rings. The molecule has 2 aromatic heterocycles. The number of carbonyl (C=O) groups excluding carboxylic acids is 1. The molecule has 2 heterocycles. The van der Waals surface area contributed by atoms with E-state index in [1.54, 1.807) is 43.5 Å². The maximum absolute atomic E-state index is 12.7. The average molecular weight is 372 g/mol. The highest BCUT2D eigenvalue weighted by Gasteiger charge is 2.24. The van der Waals surface area contributed by atoms with E-state index in [1.807, 2.05) is 0 Å². The molecular weight excluding hydrogens is 356 g/mol. The van der Waals surface area contributed by atoms with Crippen molar-refractivity contribution in [3.05, 3.63) is 66.6 Å². The second-order valence-electron chi connectivity index (χ2n) is 5.17. The quantitative estimate of drug-likeness (QED) is 0.666. The van der Waals surface area contributed by atoms with E-state index in [4.69, 9.17) is 4.74 Å². The zero-order valence-corrected chi connectivity index (χ0v) is 14.7. The molecule has 26 heavy (non-hydrogen) atoms. The first-order chi connectivity index (χ1) is 12.5. The lowest BCUT2D eigenvalue weighted by atomic mass is 10.3. The fourth-order valence-corrected chi connectivity index (χ4v) is 3.35. The number of nitrogens with zero attached hydrogens (tertiary/aromatic N) is 3. The van der Waals surface area contributed by atoms with Crippen molar-refractivity contribution in [3.63, 3.8) is 0 Å². The van der Waals surface area contributed by atoms with Crippen molar-refractivity contribution >= 4 is 21.8 Å². The molecule has 0 fully saturated rings. The van der Waals surface area contributed by atoms with Gasteiger partial charge in [0.05, 0.1) is 29.6 Å². The van der Waals surface area contributed by atoms with Crippen LogP contribution in [0, 0.1) is 0 Å². The van der Waals surface area contributed by atoms with Crippen LogP contribution < -0.4 is 4.72 Å². The van der Waals surface area contributed by atoms with Gasteiger partial charge in [0.25, 0.3) is 10.0 Å². The van der Waals surface area contributed by atoms with Gasteiger partial charge in [-0.1, -0.05) is 18.2 Å². The van der Waals surface area contributed by atoms with Crippen LogP contribution in [0.5, 0.6) is 0 Å². The molecule has 0 unspecified atom stereocenters. The maximum atomic E-state index is 12.7. The molecule has 134 valence electrons. The predicted octanol–water partition coefficient (Wildman–Crippen LogP) is 2.24. The number of hydrogen-bond acceptors (Lipinski definition) is 6. The van der Waals surface area contributed by atoms with Crippen LogP contribution in [-0.2, 0) is 14.8 Å². The minimum Gasteiger partial charge on any atom is -0.462 e. The maximum Gasteiger partial charge on any atom is 0.343 e. The summed E-state index contributed by atoms with van der Waals surface area (Å²) in [6.07, 6.45) is 4.34. The first kappa shape index (κ1) is 17.6. The van der Waals surface area contributed by atoms with Gasteiger partial charge in [0.2, 0.25) is 0 Å². The third-order valence-electron chi connectivity index (χ3n) is 3.44. The summed E-state index contributed by atoms with van der Waals surface area (Å²) in [7, 11) is -3.92. The van der Waals surface area contributed by atoms with Crippen molar-refractivity contribution < 1.29 is 17.9 Å². The highest BCUT2D eigenvalue weighted by Crippen LogP contribution is 2.24. The summed E-state index contributed by atoms with van der Waals surface area (Å²) in [5, 5.41) is 4.12. The van der Waals surface area contributed by atoms with E-state index in [0.29, 0.717) is 5.69 Å². The molecule has 0 aliphatic heterocycles.